The standard InChI is InChI=1S/C23H28N6O/c1-17-24-13-14-29(17)22-15-21(25-16-26-22)27-19-8-10-20(11-9-19)28-23(30)12-7-18-5-3-2-4-6-18/h8-11,13-16,18H,2-7,12H2,1H3,(H,28,30)(H,25,26,27). The summed E-state index contributed by atoms with van der Waals surface area (Å²) in [4.78, 5) is 25.1. The number of imidazole rings is 1. The zero-order chi connectivity index (χ0) is 20.8. The summed E-state index contributed by atoms with van der Waals surface area (Å²) in [5, 5.41) is 6.28. The molecule has 1 amide bonds. The fraction of sp³-hybridized carbons (Fsp3) is 0.391. The lowest BCUT2D eigenvalue weighted by Gasteiger charge is -2.21. The Morgan fingerprint density at radius 1 is 1.07 bits per heavy atom. The van der Waals surface area contributed by atoms with Gasteiger partial charge in [-0.25, -0.2) is 15.0 Å². The van der Waals surface area contributed by atoms with E-state index >= 15 is 0 Å². The number of rotatable bonds is 7. The highest BCUT2D eigenvalue weighted by atomic mass is 16.1. The fourth-order valence-electron chi connectivity index (χ4n) is 3.99. The summed E-state index contributed by atoms with van der Waals surface area (Å²) < 4.78 is 1.90. The first-order valence-corrected chi connectivity index (χ1v) is 10.7. The second kappa shape index (κ2) is 9.52. The molecule has 2 heterocycles. The maximum absolute atomic E-state index is 12.3. The second-order valence-electron chi connectivity index (χ2n) is 7.90. The Labute approximate surface area is 177 Å². The van der Waals surface area contributed by atoms with Gasteiger partial charge in [-0.3, -0.25) is 9.36 Å². The lowest BCUT2D eigenvalue weighted by Crippen LogP contribution is -2.14. The highest BCUT2D eigenvalue weighted by molar-refractivity contribution is 5.90. The van der Waals surface area contributed by atoms with Gasteiger partial charge in [-0.15, -0.1) is 0 Å². The van der Waals surface area contributed by atoms with E-state index in [-0.39, 0.29) is 5.91 Å². The van der Waals surface area contributed by atoms with Crippen LogP contribution in [0.25, 0.3) is 5.82 Å². The van der Waals surface area contributed by atoms with E-state index in [2.05, 4.69) is 25.6 Å². The first-order valence-electron chi connectivity index (χ1n) is 10.7. The van der Waals surface area contributed by atoms with E-state index in [0.717, 1.165) is 35.4 Å². The summed E-state index contributed by atoms with van der Waals surface area (Å²) >= 11 is 0. The minimum atomic E-state index is 0.0948. The van der Waals surface area contributed by atoms with Crippen LogP contribution in [0.2, 0.25) is 0 Å². The molecule has 7 heteroatoms. The number of benzene rings is 1. The first-order chi connectivity index (χ1) is 14.7. The number of hydrogen-bond acceptors (Lipinski definition) is 5. The third kappa shape index (κ3) is 5.23. The van der Waals surface area contributed by atoms with Gasteiger partial charge in [0, 0.05) is 36.3 Å². The van der Waals surface area contributed by atoms with Gasteiger partial charge in [-0.1, -0.05) is 32.1 Å². The Bertz CT molecular complexity index is 975. The largest absolute Gasteiger partial charge is 0.340 e. The first kappa shape index (κ1) is 20.1. The van der Waals surface area contributed by atoms with Gasteiger partial charge in [0.25, 0.3) is 0 Å². The Kier molecular flexibility index (Phi) is 6.37. The Morgan fingerprint density at radius 2 is 1.83 bits per heavy atom. The molecule has 2 N–H and O–H groups in total. The number of hydrogen-bond donors (Lipinski definition) is 2. The molecule has 0 spiro atoms. The normalized spacial score (nSPS) is 14.4. The zero-order valence-corrected chi connectivity index (χ0v) is 17.3. The van der Waals surface area contributed by atoms with Crippen LogP contribution >= 0.6 is 0 Å². The number of aryl methyl sites for hydroxylation is 1. The molecule has 0 radical (unpaired) electrons. The van der Waals surface area contributed by atoms with Crippen molar-refractivity contribution in [1.29, 1.82) is 0 Å². The maximum atomic E-state index is 12.3. The molecule has 1 aromatic carbocycles. The number of aromatic nitrogens is 4. The van der Waals surface area contributed by atoms with Crippen molar-refractivity contribution in [2.24, 2.45) is 5.92 Å². The monoisotopic (exact) mass is 404 g/mol. The molecular weight excluding hydrogens is 376 g/mol. The molecule has 0 unspecified atom stereocenters. The van der Waals surface area contributed by atoms with E-state index in [4.69, 9.17) is 0 Å². The molecule has 1 aliphatic carbocycles. The highest BCUT2D eigenvalue weighted by Crippen LogP contribution is 2.27. The van der Waals surface area contributed by atoms with Gasteiger partial charge in [0.1, 0.15) is 23.8 Å². The lowest BCUT2D eigenvalue weighted by atomic mass is 9.86. The summed E-state index contributed by atoms with van der Waals surface area (Å²) in [7, 11) is 0. The number of amides is 1. The number of carbonyl (C=O) groups is 1. The summed E-state index contributed by atoms with van der Waals surface area (Å²) in [6.45, 7) is 1.93. The van der Waals surface area contributed by atoms with Crippen molar-refractivity contribution in [3.05, 3.63) is 54.9 Å². The SMILES string of the molecule is Cc1nccn1-c1cc(Nc2ccc(NC(=O)CCC3CCCCC3)cc2)ncn1. The summed E-state index contributed by atoms with van der Waals surface area (Å²) in [5.74, 6) is 3.13. The average Bonchev–Trinajstić information content (AvgIpc) is 3.20. The number of nitrogens with one attached hydrogen (secondary N) is 2. The van der Waals surface area contributed by atoms with Crippen molar-refractivity contribution in [1.82, 2.24) is 19.5 Å². The summed E-state index contributed by atoms with van der Waals surface area (Å²) in [5.41, 5.74) is 1.70. The van der Waals surface area contributed by atoms with Gasteiger partial charge < -0.3 is 10.6 Å². The van der Waals surface area contributed by atoms with Crippen molar-refractivity contribution >= 4 is 23.1 Å². The Hall–Kier alpha value is -3.22. The minimum absolute atomic E-state index is 0.0948. The van der Waals surface area contributed by atoms with E-state index < -0.39 is 0 Å². The highest BCUT2D eigenvalue weighted by Gasteiger charge is 2.15. The van der Waals surface area contributed by atoms with Crippen molar-refractivity contribution in [2.75, 3.05) is 10.6 Å². The molecule has 156 valence electrons. The molecule has 4 rings (SSSR count). The predicted octanol–water partition coefficient (Wildman–Crippen LogP) is 5.01. The molecule has 0 bridgehead atoms. The molecule has 0 atom stereocenters. The molecule has 2 aromatic heterocycles. The van der Waals surface area contributed by atoms with Crippen LogP contribution in [-0.2, 0) is 4.79 Å². The van der Waals surface area contributed by atoms with E-state index in [9.17, 15) is 4.79 Å². The van der Waals surface area contributed by atoms with E-state index in [1.54, 1.807) is 6.20 Å². The van der Waals surface area contributed by atoms with Gasteiger partial charge in [0.15, 0.2) is 0 Å². The van der Waals surface area contributed by atoms with Crippen LogP contribution in [0.15, 0.2) is 49.1 Å². The summed E-state index contributed by atoms with van der Waals surface area (Å²) in [6.07, 6.45) is 13.3. The lowest BCUT2D eigenvalue weighted by molar-refractivity contribution is -0.116. The number of anilines is 3. The van der Waals surface area contributed by atoms with Crippen LogP contribution in [-0.4, -0.2) is 25.4 Å². The molecule has 30 heavy (non-hydrogen) atoms. The van der Waals surface area contributed by atoms with Crippen molar-refractivity contribution in [3.63, 3.8) is 0 Å². The third-order valence-electron chi connectivity index (χ3n) is 5.67. The van der Waals surface area contributed by atoms with Crippen LogP contribution in [0.3, 0.4) is 0 Å². The smallest absolute Gasteiger partial charge is 0.224 e. The number of carbonyl (C=O) groups excluding carboxylic acids is 1. The zero-order valence-electron chi connectivity index (χ0n) is 17.3. The second-order valence-corrected chi connectivity index (χ2v) is 7.90. The predicted molar refractivity (Wildman–Crippen MR) is 118 cm³/mol. The third-order valence-corrected chi connectivity index (χ3v) is 5.67. The van der Waals surface area contributed by atoms with Gasteiger partial charge in [0.05, 0.1) is 0 Å². The molecule has 3 aromatic rings. The van der Waals surface area contributed by atoms with E-state index in [1.165, 1.54) is 38.4 Å². The molecule has 0 aliphatic heterocycles. The topological polar surface area (TPSA) is 84.7 Å². The van der Waals surface area contributed by atoms with Crippen LogP contribution in [0, 0.1) is 12.8 Å². The van der Waals surface area contributed by atoms with Crippen LogP contribution in [0.4, 0.5) is 17.2 Å². The maximum Gasteiger partial charge on any atom is 0.224 e. The Morgan fingerprint density at radius 3 is 2.57 bits per heavy atom. The van der Waals surface area contributed by atoms with Crippen LogP contribution in [0.5, 0.6) is 0 Å². The molecule has 1 fully saturated rings. The molecule has 0 saturated heterocycles. The van der Waals surface area contributed by atoms with E-state index in [0.29, 0.717) is 12.2 Å². The number of nitrogens with zero attached hydrogens (tertiary/aromatic N) is 4. The van der Waals surface area contributed by atoms with Gasteiger partial charge in [-0.05, 0) is 43.5 Å². The molecular formula is C23H28N6O. The van der Waals surface area contributed by atoms with Crippen molar-refractivity contribution in [2.45, 2.75) is 51.9 Å². The fourth-order valence-corrected chi connectivity index (χ4v) is 3.99. The Balaban J connectivity index is 1.31. The van der Waals surface area contributed by atoms with E-state index in [1.807, 2.05) is 48.0 Å². The molecule has 1 saturated carbocycles. The van der Waals surface area contributed by atoms with Gasteiger partial charge >= 0.3 is 0 Å². The summed E-state index contributed by atoms with van der Waals surface area (Å²) in [6, 6.07) is 9.55. The molecule has 7 nitrogen and oxygen atoms in total. The quantitative estimate of drug-likeness (QED) is 0.578. The average molecular weight is 405 g/mol. The van der Waals surface area contributed by atoms with Crippen molar-refractivity contribution in [3.8, 4) is 5.82 Å². The minimum Gasteiger partial charge on any atom is -0.340 e. The van der Waals surface area contributed by atoms with Crippen LogP contribution in [0.1, 0.15) is 50.8 Å². The van der Waals surface area contributed by atoms with Gasteiger partial charge in [0.2, 0.25) is 5.91 Å². The molecule has 1 aliphatic rings. The van der Waals surface area contributed by atoms with Crippen LogP contribution < -0.4 is 10.6 Å². The van der Waals surface area contributed by atoms with Gasteiger partial charge in [-0.2, -0.15) is 0 Å². The van der Waals surface area contributed by atoms with Crippen molar-refractivity contribution < 1.29 is 4.79 Å².